The van der Waals surface area contributed by atoms with Crippen LogP contribution in [0.25, 0.3) is 0 Å². The first-order valence-electron chi connectivity index (χ1n) is 9.06. The van der Waals surface area contributed by atoms with Gasteiger partial charge in [-0.3, -0.25) is 4.79 Å². The maximum absolute atomic E-state index is 13.6. The topological polar surface area (TPSA) is 88.1 Å². The number of aliphatic hydroxyl groups is 1. The molecule has 1 aliphatic carbocycles. The van der Waals surface area contributed by atoms with Gasteiger partial charge in [0.05, 0.1) is 32.8 Å². The molecule has 2 aliphatic heterocycles. The number of benzene rings is 1. The van der Waals surface area contributed by atoms with Crippen molar-refractivity contribution < 1.29 is 28.8 Å². The summed E-state index contributed by atoms with van der Waals surface area (Å²) in [5, 5.41) is 24.3. The van der Waals surface area contributed by atoms with Gasteiger partial charge in [0.25, 0.3) is 0 Å². The SMILES string of the molecule is COc1cc2c(cc1OC)[C@@H]1[C@H](OC(C)=O)[C@@H](O)C[C@H]3CC[N+]([O-])(C2)[C@H]31. The van der Waals surface area contributed by atoms with Crippen LogP contribution in [0, 0.1) is 11.1 Å². The lowest BCUT2D eigenvalue weighted by Crippen LogP contribution is -2.61. The molecule has 1 N–H and O–H groups in total. The Kier molecular flexibility index (Phi) is 4.13. The number of rotatable bonds is 3. The number of carbonyl (C=O) groups is 1. The quantitative estimate of drug-likeness (QED) is 0.500. The number of aliphatic hydroxyl groups excluding tert-OH is 1. The van der Waals surface area contributed by atoms with E-state index in [0.717, 1.165) is 17.5 Å². The number of hydrogen-bond acceptors (Lipinski definition) is 6. The molecule has 7 nitrogen and oxygen atoms in total. The van der Waals surface area contributed by atoms with Gasteiger partial charge in [-0.05, 0) is 24.1 Å². The van der Waals surface area contributed by atoms with Crippen LogP contribution in [0.15, 0.2) is 12.1 Å². The number of ether oxygens (including phenoxy) is 3. The maximum atomic E-state index is 13.6. The van der Waals surface area contributed by atoms with Gasteiger partial charge in [0, 0.05) is 24.8 Å². The van der Waals surface area contributed by atoms with Gasteiger partial charge in [-0.25, -0.2) is 0 Å². The summed E-state index contributed by atoms with van der Waals surface area (Å²) >= 11 is 0. The van der Waals surface area contributed by atoms with E-state index in [0.29, 0.717) is 31.0 Å². The average molecular weight is 363 g/mol. The number of carbonyl (C=O) groups excluding carboxylic acids is 1. The van der Waals surface area contributed by atoms with E-state index in [4.69, 9.17) is 14.2 Å². The zero-order valence-corrected chi connectivity index (χ0v) is 15.3. The van der Waals surface area contributed by atoms with E-state index in [1.165, 1.54) is 6.92 Å². The first-order chi connectivity index (χ1) is 12.4. The highest BCUT2D eigenvalue weighted by molar-refractivity contribution is 5.66. The summed E-state index contributed by atoms with van der Waals surface area (Å²) in [6, 6.07) is 3.53. The van der Waals surface area contributed by atoms with Gasteiger partial charge in [0.15, 0.2) is 11.5 Å². The van der Waals surface area contributed by atoms with Crippen LogP contribution in [0.2, 0.25) is 0 Å². The molecule has 3 aliphatic rings. The maximum Gasteiger partial charge on any atom is 0.303 e. The molecule has 4 rings (SSSR count). The van der Waals surface area contributed by atoms with Crippen molar-refractivity contribution in [3.8, 4) is 11.5 Å². The predicted molar refractivity (Wildman–Crippen MR) is 92.6 cm³/mol. The molecule has 1 unspecified atom stereocenters. The van der Waals surface area contributed by atoms with Crippen molar-refractivity contribution in [3.05, 3.63) is 28.5 Å². The van der Waals surface area contributed by atoms with Crippen molar-refractivity contribution in [1.29, 1.82) is 0 Å². The summed E-state index contributed by atoms with van der Waals surface area (Å²) < 4.78 is 16.0. The molecule has 0 bridgehead atoms. The Bertz CT molecular complexity index is 737. The van der Waals surface area contributed by atoms with Gasteiger partial charge in [-0.15, -0.1) is 0 Å². The Morgan fingerprint density at radius 1 is 1.27 bits per heavy atom. The Morgan fingerprint density at radius 2 is 1.96 bits per heavy atom. The Labute approximate surface area is 152 Å². The second-order valence-electron chi connectivity index (χ2n) is 7.68. The van der Waals surface area contributed by atoms with E-state index in [-0.39, 0.29) is 22.5 Å². The largest absolute Gasteiger partial charge is 0.632 e. The molecule has 0 spiro atoms. The van der Waals surface area contributed by atoms with Gasteiger partial charge in [0.1, 0.15) is 18.7 Å². The second-order valence-corrected chi connectivity index (χ2v) is 7.68. The van der Waals surface area contributed by atoms with E-state index in [9.17, 15) is 15.1 Å². The molecule has 1 saturated heterocycles. The molecule has 1 aromatic rings. The zero-order chi connectivity index (χ0) is 18.6. The molecule has 0 amide bonds. The highest BCUT2D eigenvalue weighted by Gasteiger charge is 2.59. The number of methoxy groups -OCH3 is 2. The minimum Gasteiger partial charge on any atom is -0.632 e. The molecular weight excluding hydrogens is 338 g/mol. The lowest BCUT2D eigenvalue weighted by atomic mass is 9.68. The first kappa shape index (κ1) is 17.6. The first-order valence-corrected chi connectivity index (χ1v) is 9.06. The molecule has 2 heterocycles. The molecule has 6 atom stereocenters. The van der Waals surface area contributed by atoms with Crippen LogP contribution in [0.1, 0.15) is 36.8 Å². The fraction of sp³-hybridized carbons (Fsp3) is 0.632. The van der Waals surface area contributed by atoms with E-state index in [2.05, 4.69) is 0 Å². The Morgan fingerprint density at radius 3 is 2.62 bits per heavy atom. The molecule has 26 heavy (non-hydrogen) atoms. The van der Waals surface area contributed by atoms with Gasteiger partial charge in [-0.1, -0.05) is 0 Å². The summed E-state index contributed by atoms with van der Waals surface area (Å²) in [5.74, 6) is 0.514. The predicted octanol–water partition coefficient (Wildman–Crippen LogP) is 1.70. The molecule has 7 heteroatoms. The standard InChI is InChI=1S/C19H25NO6/c1-10(21)26-19-14(22)6-11-4-5-20(23)9-12-7-15(24-2)16(25-3)8-13(12)17(19)18(11)20/h7-8,11,14,17-19,22H,4-6,9H2,1-3H3/t11-,14+,17+,18-,19-,20?/m1/s1. The minimum atomic E-state index is -0.768. The van der Waals surface area contributed by atoms with Crippen LogP contribution in [0.3, 0.4) is 0 Å². The molecule has 1 saturated carbocycles. The lowest BCUT2D eigenvalue weighted by molar-refractivity contribution is -0.913. The highest BCUT2D eigenvalue weighted by Crippen LogP contribution is 2.54. The molecule has 2 fully saturated rings. The van der Waals surface area contributed by atoms with Crippen LogP contribution in [0.5, 0.6) is 11.5 Å². The summed E-state index contributed by atoms with van der Waals surface area (Å²) in [4.78, 5) is 11.7. The van der Waals surface area contributed by atoms with Gasteiger partial charge in [0.2, 0.25) is 0 Å². The molecular formula is C19H25NO6. The van der Waals surface area contributed by atoms with Crippen molar-refractivity contribution in [2.45, 2.75) is 50.5 Å². The number of hydrogen-bond donors (Lipinski definition) is 1. The molecule has 1 aromatic carbocycles. The zero-order valence-electron chi connectivity index (χ0n) is 15.3. The van der Waals surface area contributed by atoms with Crippen LogP contribution < -0.4 is 9.47 Å². The number of nitrogens with zero attached hydrogens (tertiary/aromatic N) is 1. The van der Waals surface area contributed by atoms with Crippen LogP contribution >= 0.6 is 0 Å². The van der Waals surface area contributed by atoms with E-state index >= 15 is 0 Å². The van der Waals surface area contributed by atoms with Crippen LogP contribution in [-0.2, 0) is 16.1 Å². The summed E-state index contributed by atoms with van der Waals surface area (Å²) in [7, 11) is 3.13. The summed E-state index contributed by atoms with van der Waals surface area (Å²) in [6.45, 7) is 2.24. The van der Waals surface area contributed by atoms with E-state index in [1.54, 1.807) is 14.2 Å². The minimum absolute atomic E-state index is 0.139. The Balaban J connectivity index is 1.88. The smallest absolute Gasteiger partial charge is 0.303 e. The number of fused-ring (bicyclic) bond motifs is 2. The number of quaternary nitrogens is 1. The number of esters is 1. The highest BCUT2D eigenvalue weighted by atomic mass is 16.6. The van der Waals surface area contributed by atoms with Crippen molar-refractivity contribution in [2.75, 3.05) is 20.8 Å². The van der Waals surface area contributed by atoms with Crippen molar-refractivity contribution >= 4 is 5.97 Å². The second kappa shape index (κ2) is 6.11. The fourth-order valence-corrected chi connectivity index (χ4v) is 5.37. The molecule has 0 aromatic heterocycles. The number of hydroxylamine groups is 3. The van der Waals surface area contributed by atoms with Crippen molar-refractivity contribution in [2.24, 2.45) is 5.92 Å². The lowest BCUT2D eigenvalue weighted by Gasteiger charge is -2.55. The average Bonchev–Trinajstić information content (AvgIpc) is 2.92. The molecule has 142 valence electrons. The third kappa shape index (κ3) is 2.49. The van der Waals surface area contributed by atoms with E-state index < -0.39 is 18.2 Å². The van der Waals surface area contributed by atoms with Gasteiger partial charge < -0.3 is 29.2 Å². The van der Waals surface area contributed by atoms with E-state index in [1.807, 2.05) is 12.1 Å². The van der Waals surface area contributed by atoms with Crippen LogP contribution in [-0.4, -0.2) is 54.7 Å². The summed E-state index contributed by atoms with van der Waals surface area (Å²) in [5.41, 5.74) is 1.81. The van der Waals surface area contributed by atoms with Crippen molar-refractivity contribution in [1.82, 2.24) is 0 Å². The third-order valence-corrected chi connectivity index (χ3v) is 6.29. The van der Waals surface area contributed by atoms with Crippen LogP contribution in [0.4, 0.5) is 0 Å². The summed E-state index contributed by atoms with van der Waals surface area (Å²) in [6.07, 6.45) is -0.188. The van der Waals surface area contributed by atoms with Crippen molar-refractivity contribution in [3.63, 3.8) is 0 Å². The molecule has 0 radical (unpaired) electrons. The van der Waals surface area contributed by atoms with Gasteiger partial charge >= 0.3 is 5.97 Å². The Hall–Kier alpha value is -1.83. The van der Waals surface area contributed by atoms with Gasteiger partial charge in [-0.2, -0.15) is 0 Å². The third-order valence-electron chi connectivity index (χ3n) is 6.29. The normalized spacial score (nSPS) is 37.5. The monoisotopic (exact) mass is 363 g/mol. The fourth-order valence-electron chi connectivity index (χ4n) is 5.37.